The average Bonchev–Trinajstić information content (AvgIpc) is 2.71. The van der Waals surface area contributed by atoms with Gasteiger partial charge in [0.2, 0.25) is 0 Å². The van der Waals surface area contributed by atoms with Crippen LogP contribution in [0.1, 0.15) is 17.2 Å². The van der Waals surface area contributed by atoms with E-state index in [9.17, 15) is 4.39 Å². The van der Waals surface area contributed by atoms with Gasteiger partial charge in [-0.05, 0) is 40.0 Å². The smallest absolute Gasteiger partial charge is 0.173 e. The molecule has 1 unspecified atom stereocenters. The molecule has 1 heterocycles. The largest absolute Gasteiger partial charge is 0.457 e. The second kappa shape index (κ2) is 5.21. The molecule has 0 aliphatic rings. The quantitative estimate of drug-likeness (QED) is 0.926. The van der Waals surface area contributed by atoms with E-state index < -0.39 is 5.82 Å². The van der Waals surface area contributed by atoms with Gasteiger partial charge in [0.1, 0.15) is 5.82 Å². The summed E-state index contributed by atoms with van der Waals surface area (Å²) in [5.41, 5.74) is 7.30. The summed E-state index contributed by atoms with van der Waals surface area (Å²) in [4.78, 5) is 0. The van der Waals surface area contributed by atoms with E-state index in [-0.39, 0.29) is 11.1 Å². The molecule has 0 fully saturated rings. The van der Waals surface area contributed by atoms with E-state index in [1.807, 2.05) is 0 Å². The second-order valence-electron chi connectivity index (χ2n) is 3.67. The molecule has 0 spiro atoms. The van der Waals surface area contributed by atoms with Gasteiger partial charge in [0.05, 0.1) is 11.3 Å². The van der Waals surface area contributed by atoms with Gasteiger partial charge in [-0.1, -0.05) is 23.7 Å². The molecular formula is C12H10BrClFNO. The fourth-order valence-corrected chi connectivity index (χ4v) is 2.35. The van der Waals surface area contributed by atoms with E-state index in [1.165, 1.54) is 12.3 Å². The molecule has 0 bridgehead atoms. The van der Waals surface area contributed by atoms with Gasteiger partial charge >= 0.3 is 0 Å². The lowest BCUT2D eigenvalue weighted by molar-refractivity contribution is 0.529. The lowest BCUT2D eigenvalue weighted by Gasteiger charge is -2.11. The zero-order chi connectivity index (χ0) is 12.4. The number of furan rings is 1. The van der Waals surface area contributed by atoms with Crippen LogP contribution in [0.4, 0.5) is 4.39 Å². The minimum atomic E-state index is -0.413. The van der Waals surface area contributed by atoms with E-state index in [0.717, 1.165) is 5.56 Å². The van der Waals surface area contributed by atoms with Crippen LogP contribution in [0.25, 0.3) is 0 Å². The van der Waals surface area contributed by atoms with E-state index in [2.05, 4.69) is 15.9 Å². The summed E-state index contributed by atoms with van der Waals surface area (Å²) >= 11 is 8.96. The highest BCUT2D eigenvalue weighted by Gasteiger charge is 2.15. The number of nitrogens with two attached hydrogens (primary N) is 1. The Morgan fingerprint density at radius 1 is 1.41 bits per heavy atom. The summed E-state index contributed by atoms with van der Waals surface area (Å²) in [5, 5.41) is 0.112. The van der Waals surface area contributed by atoms with Gasteiger partial charge in [-0.25, -0.2) is 4.39 Å². The molecule has 0 amide bonds. The number of benzene rings is 1. The van der Waals surface area contributed by atoms with Gasteiger partial charge in [-0.2, -0.15) is 0 Å². The van der Waals surface area contributed by atoms with Crippen molar-refractivity contribution in [2.24, 2.45) is 5.73 Å². The molecule has 0 aliphatic carbocycles. The predicted octanol–water partition coefficient (Wildman–Crippen LogP) is 4.08. The first-order valence-electron chi connectivity index (χ1n) is 5.01. The SMILES string of the molecule is NC(Cc1cccc(Cl)c1F)c1ccoc1Br. The molecule has 2 nitrogen and oxygen atoms in total. The molecule has 5 heteroatoms. The number of hydrogen-bond donors (Lipinski definition) is 1. The number of hydrogen-bond acceptors (Lipinski definition) is 2. The summed E-state index contributed by atoms with van der Waals surface area (Å²) in [5.74, 6) is -0.413. The van der Waals surface area contributed by atoms with Crippen molar-refractivity contribution in [3.05, 3.63) is 57.2 Å². The summed E-state index contributed by atoms with van der Waals surface area (Å²) < 4.78 is 19.4. The maximum Gasteiger partial charge on any atom is 0.173 e. The van der Waals surface area contributed by atoms with E-state index in [4.69, 9.17) is 21.8 Å². The normalized spacial score (nSPS) is 12.7. The van der Waals surface area contributed by atoms with Crippen LogP contribution in [-0.2, 0) is 6.42 Å². The Morgan fingerprint density at radius 2 is 2.18 bits per heavy atom. The molecule has 0 aliphatic heterocycles. The molecule has 2 N–H and O–H groups in total. The molecule has 2 rings (SSSR count). The lowest BCUT2D eigenvalue weighted by Crippen LogP contribution is -2.14. The molecule has 0 saturated carbocycles. The molecule has 1 aromatic carbocycles. The third kappa shape index (κ3) is 2.70. The lowest BCUT2D eigenvalue weighted by atomic mass is 10.0. The molecule has 0 saturated heterocycles. The van der Waals surface area contributed by atoms with Crippen molar-refractivity contribution in [3.63, 3.8) is 0 Å². The van der Waals surface area contributed by atoms with Gasteiger partial charge < -0.3 is 10.2 Å². The summed E-state index contributed by atoms with van der Waals surface area (Å²) in [7, 11) is 0. The zero-order valence-corrected chi connectivity index (χ0v) is 11.1. The van der Waals surface area contributed by atoms with Crippen LogP contribution in [0.15, 0.2) is 39.6 Å². The summed E-state index contributed by atoms with van der Waals surface area (Å²) in [6.45, 7) is 0. The average molecular weight is 319 g/mol. The Labute approximate surface area is 112 Å². The van der Waals surface area contributed by atoms with Gasteiger partial charge in [0, 0.05) is 11.6 Å². The Bertz CT molecular complexity index is 529. The minimum absolute atomic E-state index is 0.112. The van der Waals surface area contributed by atoms with Gasteiger partial charge in [-0.3, -0.25) is 0 Å². The van der Waals surface area contributed by atoms with Crippen molar-refractivity contribution in [2.45, 2.75) is 12.5 Å². The van der Waals surface area contributed by atoms with Crippen molar-refractivity contribution in [1.82, 2.24) is 0 Å². The first-order chi connectivity index (χ1) is 8.09. The zero-order valence-electron chi connectivity index (χ0n) is 8.79. The highest BCUT2D eigenvalue weighted by Crippen LogP contribution is 2.27. The number of halogens is 3. The Morgan fingerprint density at radius 3 is 2.82 bits per heavy atom. The summed E-state index contributed by atoms with van der Waals surface area (Å²) in [6.07, 6.45) is 1.90. The van der Waals surface area contributed by atoms with Crippen molar-refractivity contribution < 1.29 is 8.81 Å². The van der Waals surface area contributed by atoms with Crippen molar-refractivity contribution in [2.75, 3.05) is 0 Å². The van der Waals surface area contributed by atoms with Gasteiger partial charge in [-0.15, -0.1) is 0 Å². The highest BCUT2D eigenvalue weighted by atomic mass is 79.9. The standard InChI is InChI=1S/C12H10BrClFNO/c13-12-8(4-5-17-12)10(16)6-7-2-1-3-9(14)11(7)15/h1-5,10H,6,16H2. The van der Waals surface area contributed by atoms with E-state index in [1.54, 1.807) is 18.2 Å². The van der Waals surface area contributed by atoms with Crippen LogP contribution in [0.5, 0.6) is 0 Å². The van der Waals surface area contributed by atoms with Gasteiger partial charge in [0.15, 0.2) is 4.67 Å². The molecule has 1 atom stereocenters. The topological polar surface area (TPSA) is 39.2 Å². The number of rotatable bonds is 3. The van der Waals surface area contributed by atoms with Crippen LogP contribution in [0, 0.1) is 5.82 Å². The molecule has 1 aromatic heterocycles. The Balaban J connectivity index is 2.22. The van der Waals surface area contributed by atoms with Crippen LogP contribution < -0.4 is 5.73 Å². The van der Waals surface area contributed by atoms with Crippen LogP contribution >= 0.6 is 27.5 Å². The Kier molecular flexibility index (Phi) is 3.86. The highest BCUT2D eigenvalue weighted by molar-refractivity contribution is 9.10. The fraction of sp³-hybridized carbons (Fsp3) is 0.167. The maximum absolute atomic E-state index is 13.7. The Hall–Kier alpha value is -0.840. The molecule has 2 aromatic rings. The predicted molar refractivity (Wildman–Crippen MR) is 68.5 cm³/mol. The van der Waals surface area contributed by atoms with E-state index >= 15 is 0 Å². The summed E-state index contributed by atoms with van der Waals surface area (Å²) in [6, 6.07) is 6.32. The van der Waals surface area contributed by atoms with Crippen molar-refractivity contribution >= 4 is 27.5 Å². The van der Waals surface area contributed by atoms with E-state index in [0.29, 0.717) is 16.7 Å². The second-order valence-corrected chi connectivity index (χ2v) is 4.80. The third-order valence-corrected chi connectivity index (χ3v) is 3.45. The molecule has 17 heavy (non-hydrogen) atoms. The maximum atomic E-state index is 13.7. The van der Waals surface area contributed by atoms with Crippen molar-refractivity contribution in [3.8, 4) is 0 Å². The minimum Gasteiger partial charge on any atom is -0.457 e. The first-order valence-corrected chi connectivity index (χ1v) is 6.18. The molecule has 90 valence electrons. The molecule has 0 radical (unpaired) electrons. The monoisotopic (exact) mass is 317 g/mol. The van der Waals surface area contributed by atoms with Crippen LogP contribution in [0.2, 0.25) is 5.02 Å². The first kappa shape index (κ1) is 12.6. The van der Waals surface area contributed by atoms with Crippen LogP contribution in [-0.4, -0.2) is 0 Å². The van der Waals surface area contributed by atoms with Crippen molar-refractivity contribution in [1.29, 1.82) is 0 Å². The fourth-order valence-electron chi connectivity index (χ4n) is 1.62. The van der Waals surface area contributed by atoms with Gasteiger partial charge in [0.25, 0.3) is 0 Å². The molecular weight excluding hydrogens is 308 g/mol. The third-order valence-electron chi connectivity index (χ3n) is 2.52. The van der Waals surface area contributed by atoms with Crippen LogP contribution in [0.3, 0.4) is 0 Å².